The second kappa shape index (κ2) is 8.87. The van der Waals surface area contributed by atoms with E-state index in [0.717, 1.165) is 30.0 Å². The Labute approximate surface area is 172 Å². The van der Waals surface area contributed by atoms with Crippen molar-refractivity contribution >= 4 is 27.4 Å². The van der Waals surface area contributed by atoms with E-state index in [1.54, 1.807) is 25.2 Å². The largest absolute Gasteiger partial charge is 0.366 e. The lowest BCUT2D eigenvalue weighted by atomic mass is 10.1. The van der Waals surface area contributed by atoms with E-state index in [9.17, 15) is 22.0 Å². The Morgan fingerprint density at radius 2 is 1.83 bits per heavy atom. The third-order valence-corrected chi connectivity index (χ3v) is 5.47. The SMILES string of the molecule is CNC(=O)c1cccc(CNc2ccc(S(=O)(=O)Nc3ccc(F)c(F)c3)cn2)c1. The Morgan fingerprint density at radius 3 is 2.50 bits per heavy atom. The molecule has 3 rings (SSSR count). The van der Waals surface area contributed by atoms with Crippen LogP contribution in [0.4, 0.5) is 20.3 Å². The minimum absolute atomic E-state index is 0.105. The number of hydrogen-bond donors (Lipinski definition) is 3. The maximum absolute atomic E-state index is 13.3. The van der Waals surface area contributed by atoms with Crippen LogP contribution in [0.15, 0.2) is 65.7 Å². The summed E-state index contributed by atoms with van der Waals surface area (Å²) in [6.07, 6.45) is 1.14. The van der Waals surface area contributed by atoms with E-state index < -0.39 is 21.7 Å². The average Bonchev–Trinajstić information content (AvgIpc) is 2.74. The molecule has 7 nitrogen and oxygen atoms in total. The van der Waals surface area contributed by atoms with Gasteiger partial charge < -0.3 is 10.6 Å². The van der Waals surface area contributed by atoms with Gasteiger partial charge in [-0.3, -0.25) is 9.52 Å². The molecule has 0 fully saturated rings. The average molecular weight is 432 g/mol. The molecule has 0 aliphatic heterocycles. The van der Waals surface area contributed by atoms with Crippen LogP contribution in [0.5, 0.6) is 0 Å². The van der Waals surface area contributed by atoms with Crippen molar-refractivity contribution in [3.8, 4) is 0 Å². The van der Waals surface area contributed by atoms with Crippen LogP contribution in [0.25, 0.3) is 0 Å². The van der Waals surface area contributed by atoms with E-state index in [0.29, 0.717) is 17.9 Å². The highest BCUT2D eigenvalue weighted by atomic mass is 32.2. The molecule has 0 aliphatic rings. The first-order valence-electron chi connectivity index (χ1n) is 8.77. The highest BCUT2D eigenvalue weighted by Crippen LogP contribution is 2.19. The van der Waals surface area contributed by atoms with E-state index in [1.165, 1.54) is 12.1 Å². The van der Waals surface area contributed by atoms with Gasteiger partial charge in [-0.05, 0) is 42.0 Å². The van der Waals surface area contributed by atoms with E-state index in [4.69, 9.17) is 0 Å². The van der Waals surface area contributed by atoms with E-state index in [1.807, 2.05) is 6.07 Å². The van der Waals surface area contributed by atoms with Gasteiger partial charge in [-0.15, -0.1) is 0 Å². The van der Waals surface area contributed by atoms with Gasteiger partial charge in [0.15, 0.2) is 11.6 Å². The maximum Gasteiger partial charge on any atom is 0.263 e. The monoisotopic (exact) mass is 432 g/mol. The van der Waals surface area contributed by atoms with Crippen LogP contribution in [0, 0.1) is 11.6 Å². The maximum atomic E-state index is 13.3. The molecule has 3 N–H and O–H groups in total. The molecule has 0 radical (unpaired) electrons. The Hall–Kier alpha value is -3.53. The lowest BCUT2D eigenvalue weighted by Crippen LogP contribution is -2.18. The minimum Gasteiger partial charge on any atom is -0.366 e. The van der Waals surface area contributed by atoms with E-state index >= 15 is 0 Å². The zero-order chi connectivity index (χ0) is 21.7. The predicted octanol–water partition coefficient (Wildman–Crippen LogP) is 3.13. The third-order valence-electron chi connectivity index (χ3n) is 4.11. The van der Waals surface area contributed by atoms with Gasteiger partial charge in [-0.1, -0.05) is 12.1 Å². The summed E-state index contributed by atoms with van der Waals surface area (Å²) in [7, 11) is -2.47. The number of rotatable bonds is 7. The highest BCUT2D eigenvalue weighted by Gasteiger charge is 2.16. The number of amides is 1. The van der Waals surface area contributed by atoms with Crippen molar-refractivity contribution in [1.82, 2.24) is 10.3 Å². The van der Waals surface area contributed by atoms with Crippen LogP contribution < -0.4 is 15.4 Å². The zero-order valence-corrected chi connectivity index (χ0v) is 16.6. The molecule has 0 bridgehead atoms. The van der Waals surface area contributed by atoms with Crippen molar-refractivity contribution in [3.05, 3.63) is 83.6 Å². The number of halogens is 2. The molecule has 0 spiro atoms. The molecule has 10 heteroatoms. The van der Waals surface area contributed by atoms with Crippen molar-refractivity contribution in [2.45, 2.75) is 11.4 Å². The van der Waals surface area contributed by atoms with Gasteiger partial charge in [0.25, 0.3) is 15.9 Å². The van der Waals surface area contributed by atoms with Crippen molar-refractivity contribution in [1.29, 1.82) is 0 Å². The van der Waals surface area contributed by atoms with Crippen LogP contribution in [0.3, 0.4) is 0 Å². The number of nitrogens with one attached hydrogen (secondary N) is 3. The second-order valence-electron chi connectivity index (χ2n) is 6.25. The summed E-state index contributed by atoms with van der Waals surface area (Å²) in [6, 6.07) is 12.5. The fourth-order valence-corrected chi connectivity index (χ4v) is 3.57. The van der Waals surface area contributed by atoms with Crippen molar-refractivity contribution in [3.63, 3.8) is 0 Å². The standard InChI is InChI=1S/C20H18F2N4O3S/c1-23-20(27)14-4-2-3-13(9-14)11-24-19-8-6-16(12-25-19)30(28,29)26-15-5-7-17(21)18(22)10-15/h2-10,12,26H,11H2,1H3,(H,23,27)(H,24,25). The third kappa shape index (κ3) is 5.09. The lowest BCUT2D eigenvalue weighted by molar-refractivity contribution is 0.0963. The van der Waals surface area contributed by atoms with Crippen molar-refractivity contribution in [2.24, 2.45) is 0 Å². The number of sulfonamides is 1. The number of carbonyl (C=O) groups is 1. The number of aromatic nitrogens is 1. The fraction of sp³-hybridized carbons (Fsp3) is 0.100. The van der Waals surface area contributed by atoms with Gasteiger partial charge in [-0.2, -0.15) is 0 Å². The second-order valence-corrected chi connectivity index (χ2v) is 7.93. The van der Waals surface area contributed by atoms with Crippen LogP contribution in [-0.2, 0) is 16.6 Å². The molecule has 30 heavy (non-hydrogen) atoms. The van der Waals surface area contributed by atoms with Crippen molar-refractivity contribution < 1.29 is 22.0 Å². The van der Waals surface area contributed by atoms with Crippen LogP contribution >= 0.6 is 0 Å². The summed E-state index contributed by atoms with van der Waals surface area (Å²) in [5.74, 6) is -2.01. The number of benzene rings is 2. The number of anilines is 2. The van der Waals surface area contributed by atoms with E-state index in [2.05, 4.69) is 20.3 Å². The number of pyridine rings is 1. The molecule has 0 saturated carbocycles. The molecule has 3 aromatic rings. The molecule has 1 heterocycles. The highest BCUT2D eigenvalue weighted by molar-refractivity contribution is 7.92. The summed E-state index contributed by atoms with van der Waals surface area (Å²) in [5, 5.41) is 5.59. The van der Waals surface area contributed by atoms with E-state index in [-0.39, 0.29) is 16.5 Å². The summed E-state index contributed by atoms with van der Waals surface area (Å²) < 4.78 is 53.2. The minimum atomic E-state index is -4.02. The van der Waals surface area contributed by atoms with Gasteiger partial charge in [0.05, 0.1) is 5.69 Å². The summed E-state index contributed by atoms with van der Waals surface area (Å²) in [5.41, 5.74) is 1.26. The van der Waals surface area contributed by atoms with Crippen LogP contribution in [0.1, 0.15) is 15.9 Å². The summed E-state index contributed by atoms with van der Waals surface area (Å²) in [4.78, 5) is 15.6. The first-order chi connectivity index (χ1) is 14.3. The molecule has 156 valence electrons. The normalized spacial score (nSPS) is 11.0. The molecule has 2 aromatic carbocycles. The Kier molecular flexibility index (Phi) is 6.26. The molecular weight excluding hydrogens is 414 g/mol. The van der Waals surface area contributed by atoms with Crippen molar-refractivity contribution in [2.75, 3.05) is 17.1 Å². The first-order valence-corrected chi connectivity index (χ1v) is 10.3. The first kappa shape index (κ1) is 21.2. The summed E-state index contributed by atoms with van der Waals surface area (Å²) in [6.45, 7) is 0.372. The zero-order valence-electron chi connectivity index (χ0n) is 15.8. The molecule has 1 aromatic heterocycles. The molecule has 1 amide bonds. The Bertz CT molecular complexity index is 1170. The fourth-order valence-electron chi connectivity index (χ4n) is 2.58. The van der Waals surface area contributed by atoms with Gasteiger partial charge in [0, 0.05) is 31.4 Å². The lowest BCUT2D eigenvalue weighted by Gasteiger charge is -2.10. The van der Waals surface area contributed by atoms with Gasteiger partial charge in [-0.25, -0.2) is 22.2 Å². The van der Waals surface area contributed by atoms with Gasteiger partial charge >= 0.3 is 0 Å². The number of nitrogens with zero attached hydrogens (tertiary/aromatic N) is 1. The molecule has 0 aliphatic carbocycles. The molecule has 0 saturated heterocycles. The number of hydrogen-bond acceptors (Lipinski definition) is 5. The molecule has 0 unspecified atom stereocenters. The van der Waals surface area contributed by atoms with Gasteiger partial charge in [0.2, 0.25) is 0 Å². The smallest absolute Gasteiger partial charge is 0.263 e. The van der Waals surface area contributed by atoms with Gasteiger partial charge in [0.1, 0.15) is 10.7 Å². The molecule has 0 atom stereocenters. The molecular formula is C20H18F2N4O3S. The Morgan fingerprint density at radius 1 is 1.03 bits per heavy atom. The quantitative estimate of drug-likeness (QED) is 0.533. The topological polar surface area (TPSA) is 100 Å². The van der Waals surface area contributed by atoms with Crippen LogP contribution in [0.2, 0.25) is 0 Å². The Balaban J connectivity index is 1.67. The predicted molar refractivity (Wildman–Crippen MR) is 109 cm³/mol. The number of carbonyl (C=O) groups excluding carboxylic acids is 1. The summed E-state index contributed by atoms with van der Waals surface area (Å²) >= 11 is 0. The van der Waals surface area contributed by atoms with Crippen LogP contribution in [-0.4, -0.2) is 26.4 Å².